The number of nitrogens with zero attached hydrogens (tertiary/aromatic N) is 1. The standard InChI is InChI=1S/C23H37NO2/c1-15(2)17-8-11-21(3)16-7-12-22-10-5-6-18(22)23(21,13-9-19(25)26-4)20(17)24(22)14-16/h15-18,20H,5-14H2,1-4H3/t16-,17-,18+,20+,21+,22-,23+/m1/s1. The van der Waals surface area contributed by atoms with Crippen molar-refractivity contribution in [3.63, 3.8) is 0 Å². The summed E-state index contributed by atoms with van der Waals surface area (Å²) >= 11 is 0. The maximum Gasteiger partial charge on any atom is 0.305 e. The molecule has 146 valence electrons. The van der Waals surface area contributed by atoms with Crippen LogP contribution in [0.3, 0.4) is 0 Å². The summed E-state index contributed by atoms with van der Waals surface area (Å²) in [5.41, 5.74) is 1.26. The van der Waals surface area contributed by atoms with Crippen LogP contribution in [0.2, 0.25) is 0 Å². The third kappa shape index (κ3) is 1.78. The molecule has 2 aliphatic carbocycles. The zero-order chi connectivity index (χ0) is 18.3. The first-order valence-electron chi connectivity index (χ1n) is 11.2. The molecule has 3 nitrogen and oxygen atoms in total. The zero-order valence-electron chi connectivity index (χ0n) is 17.2. The predicted molar refractivity (Wildman–Crippen MR) is 103 cm³/mol. The molecule has 5 rings (SSSR count). The van der Waals surface area contributed by atoms with E-state index in [-0.39, 0.29) is 5.97 Å². The first kappa shape index (κ1) is 17.5. The third-order valence-electron chi connectivity index (χ3n) is 10.3. The van der Waals surface area contributed by atoms with Gasteiger partial charge in [-0.3, -0.25) is 9.69 Å². The second kappa shape index (κ2) is 5.49. The number of methoxy groups -OCH3 is 1. The number of fused-ring (bicyclic) bond motifs is 2. The molecule has 1 spiro atoms. The number of piperidine rings is 2. The minimum absolute atomic E-state index is 0.00515. The Balaban J connectivity index is 1.67. The Bertz CT molecular complexity index is 617. The topological polar surface area (TPSA) is 29.5 Å². The van der Waals surface area contributed by atoms with Crippen molar-refractivity contribution >= 4 is 5.97 Å². The van der Waals surface area contributed by atoms with Crippen LogP contribution >= 0.6 is 0 Å². The van der Waals surface area contributed by atoms with Gasteiger partial charge in [0.2, 0.25) is 0 Å². The van der Waals surface area contributed by atoms with Crippen LogP contribution in [0.5, 0.6) is 0 Å². The van der Waals surface area contributed by atoms with E-state index in [2.05, 4.69) is 25.7 Å². The maximum absolute atomic E-state index is 12.2. The fourth-order valence-corrected chi connectivity index (χ4v) is 9.42. The highest BCUT2D eigenvalue weighted by molar-refractivity contribution is 5.69. The lowest BCUT2D eigenvalue weighted by molar-refractivity contribution is -0.184. The molecule has 5 bridgehead atoms. The minimum atomic E-state index is 0.00515. The molecule has 2 saturated carbocycles. The molecule has 26 heavy (non-hydrogen) atoms. The SMILES string of the molecule is COC(=O)CC[C@]12[C@@H]3[C@@H](C(C)C)CC[C@@]1(C)[C@@H]1CC[C@@]4(CCC[C@@H]42)N3C1. The molecule has 0 amide bonds. The van der Waals surface area contributed by atoms with E-state index in [0.29, 0.717) is 28.8 Å². The van der Waals surface area contributed by atoms with Crippen molar-refractivity contribution in [2.45, 2.75) is 90.1 Å². The quantitative estimate of drug-likeness (QED) is 0.685. The van der Waals surface area contributed by atoms with E-state index in [1.807, 2.05) is 0 Å². The summed E-state index contributed by atoms with van der Waals surface area (Å²) in [4.78, 5) is 15.3. The molecule has 3 heteroatoms. The molecule has 0 radical (unpaired) electrons. The number of hydrogen-bond donors (Lipinski definition) is 0. The average molecular weight is 360 g/mol. The number of carbonyl (C=O) groups is 1. The van der Waals surface area contributed by atoms with Gasteiger partial charge in [0, 0.05) is 24.5 Å². The van der Waals surface area contributed by atoms with Gasteiger partial charge in [-0.05, 0) is 79.4 Å². The molecule has 3 aliphatic heterocycles. The Morgan fingerprint density at radius 1 is 1.19 bits per heavy atom. The average Bonchev–Trinajstić information content (AvgIpc) is 3.09. The minimum Gasteiger partial charge on any atom is -0.469 e. The maximum atomic E-state index is 12.2. The first-order valence-corrected chi connectivity index (χ1v) is 11.2. The molecule has 0 N–H and O–H groups in total. The summed E-state index contributed by atoms with van der Waals surface area (Å²) in [5.74, 6) is 3.23. The van der Waals surface area contributed by atoms with Crippen LogP contribution in [-0.4, -0.2) is 36.1 Å². The largest absolute Gasteiger partial charge is 0.469 e. The molecular weight excluding hydrogens is 322 g/mol. The van der Waals surface area contributed by atoms with Gasteiger partial charge in [0.25, 0.3) is 0 Å². The Labute approximate surface area is 159 Å². The lowest BCUT2D eigenvalue weighted by Crippen LogP contribution is -2.68. The van der Waals surface area contributed by atoms with Crippen LogP contribution in [0.15, 0.2) is 0 Å². The summed E-state index contributed by atoms with van der Waals surface area (Å²) in [7, 11) is 1.56. The molecule has 0 aromatic heterocycles. The van der Waals surface area contributed by atoms with Crippen LogP contribution in [0.25, 0.3) is 0 Å². The normalized spacial score (nSPS) is 53.8. The van der Waals surface area contributed by atoms with Gasteiger partial charge in [0.1, 0.15) is 0 Å². The fourth-order valence-electron chi connectivity index (χ4n) is 9.42. The van der Waals surface area contributed by atoms with Crippen LogP contribution in [0, 0.1) is 34.5 Å². The number of ether oxygens (including phenoxy) is 1. The Morgan fingerprint density at radius 2 is 2.00 bits per heavy atom. The predicted octanol–water partition coefficient (Wildman–Crippen LogP) is 4.65. The Kier molecular flexibility index (Phi) is 3.70. The van der Waals surface area contributed by atoms with E-state index < -0.39 is 0 Å². The first-order chi connectivity index (χ1) is 12.4. The molecule has 5 aliphatic rings. The summed E-state index contributed by atoms with van der Waals surface area (Å²) < 4.78 is 5.10. The molecule has 3 saturated heterocycles. The number of carbonyl (C=O) groups excluding carboxylic acids is 1. The summed E-state index contributed by atoms with van der Waals surface area (Å²) in [5, 5.41) is 0. The smallest absolute Gasteiger partial charge is 0.305 e. The highest BCUT2D eigenvalue weighted by Crippen LogP contribution is 2.79. The van der Waals surface area contributed by atoms with Crippen molar-refractivity contribution in [3.05, 3.63) is 0 Å². The molecule has 0 aromatic carbocycles. The van der Waals surface area contributed by atoms with Crippen molar-refractivity contribution in [1.82, 2.24) is 4.90 Å². The van der Waals surface area contributed by atoms with Gasteiger partial charge in [-0.1, -0.05) is 27.2 Å². The van der Waals surface area contributed by atoms with Gasteiger partial charge in [-0.25, -0.2) is 0 Å². The van der Waals surface area contributed by atoms with Gasteiger partial charge in [-0.15, -0.1) is 0 Å². The van der Waals surface area contributed by atoms with E-state index in [9.17, 15) is 4.79 Å². The number of esters is 1. The highest BCUT2D eigenvalue weighted by atomic mass is 16.5. The van der Waals surface area contributed by atoms with Crippen LogP contribution < -0.4 is 0 Å². The van der Waals surface area contributed by atoms with Crippen molar-refractivity contribution in [3.8, 4) is 0 Å². The molecular formula is C23H37NO2. The fraction of sp³-hybridized carbons (Fsp3) is 0.957. The van der Waals surface area contributed by atoms with E-state index in [1.165, 1.54) is 51.5 Å². The van der Waals surface area contributed by atoms with Crippen molar-refractivity contribution < 1.29 is 9.53 Å². The summed E-state index contributed by atoms with van der Waals surface area (Å²) in [6.07, 6.45) is 11.6. The second-order valence-electron chi connectivity index (χ2n) is 10.9. The Hall–Kier alpha value is -0.570. The van der Waals surface area contributed by atoms with Gasteiger partial charge in [-0.2, -0.15) is 0 Å². The van der Waals surface area contributed by atoms with Gasteiger partial charge in [0.05, 0.1) is 7.11 Å². The zero-order valence-corrected chi connectivity index (χ0v) is 17.2. The van der Waals surface area contributed by atoms with Crippen LogP contribution in [-0.2, 0) is 9.53 Å². The van der Waals surface area contributed by atoms with Crippen LogP contribution in [0.1, 0.15) is 78.6 Å². The van der Waals surface area contributed by atoms with Gasteiger partial charge in [0.15, 0.2) is 0 Å². The second-order valence-corrected chi connectivity index (χ2v) is 10.9. The number of rotatable bonds is 4. The lowest BCUT2D eigenvalue weighted by atomic mass is 9.42. The molecule has 1 unspecified atom stereocenters. The summed E-state index contributed by atoms with van der Waals surface area (Å²) in [6.45, 7) is 8.89. The Morgan fingerprint density at radius 3 is 2.73 bits per heavy atom. The molecule has 3 heterocycles. The number of hydrogen-bond acceptors (Lipinski definition) is 3. The van der Waals surface area contributed by atoms with Crippen LogP contribution in [0.4, 0.5) is 0 Å². The van der Waals surface area contributed by atoms with Crippen molar-refractivity contribution in [2.24, 2.45) is 34.5 Å². The van der Waals surface area contributed by atoms with Gasteiger partial charge >= 0.3 is 5.97 Å². The van der Waals surface area contributed by atoms with Gasteiger partial charge < -0.3 is 4.74 Å². The van der Waals surface area contributed by atoms with E-state index in [1.54, 1.807) is 7.11 Å². The van der Waals surface area contributed by atoms with Crippen molar-refractivity contribution in [1.29, 1.82) is 0 Å². The van der Waals surface area contributed by atoms with E-state index >= 15 is 0 Å². The highest BCUT2D eigenvalue weighted by Gasteiger charge is 2.79. The summed E-state index contributed by atoms with van der Waals surface area (Å²) in [6, 6.07) is 0.716. The van der Waals surface area contributed by atoms with E-state index in [4.69, 9.17) is 4.74 Å². The lowest BCUT2D eigenvalue weighted by Gasteiger charge is -2.67. The molecule has 8 atom stereocenters. The molecule has 5 fully saturated rings. The third-order valence-corrected chi connectivity index (χ3v) is 10.3. The van der Waals surface area contributed by atoms with E-state index in [0.717, 1.165) is 30.1 Å². The monoisotopic (exact) mass is 359 g/mol. The van der Waals surface area contributed by atoms with Crippen molar-refractivity contribution in [2.75, 3.05) is 13.7 Å². The molecule has 0 aromatic rings.